The fraction of sp³-hybridized carbons (Fsp3) is 0.464. The quantitative estimate of drug-likeness (QED) is 0.621. The van der Waals surface area contributed by atoms with Crippen molar-refractivity contribution in [3.63, 3.8) is 0 Å². The highest BCUT2D eigenvalue weighted by molar-refractivity contribution is 6.01. The standard InChI is InChI=1S/C28H39N5O5/c1-19-15-33(26(34)17-31(3)4)20(2)18-38-24-14-22(30-28(36)29-21-10-8-7-9-11-21)12-13-23(24)27(35)32(5)16-25(19)37-6/h7-14,19-20,25H,15-18H2,1-6H3,(H2,29,30,36)/t19-,20-,25-/m1/s1. The van der Waals surface area contributed by atoms with Crippen LogP contribution in [0.1, 0.15) is 24.2 Å². The number of amides is 4. The zero-order valence-electron chi connectivity index (χ0n) is 23.1. The second-order valence-electron chi connectivity index (χ2n) is 10.0. The van der Waals surface area contributed by atoms with E-state index in [2.05, 4.69) is 10.6 Å². The van der Waals surface area contributed by atoms with E-state index in [1.807, 2.05) is 55.9 Å². The Hall–Kier alpha value is -3.63. The van der Waals surface area contributed by atoms with Crippen molar-refractivity contribution in [2.45, 2.75) is 26.0 Å². The fourth-order valence-electron chi connectivity index (χ4n) is 4.37. The van der Waals surface area contributed by atoms with Gasteiger partial charge in [-0.15, -0.1) is 0 Å². The first-order valence-corrected chi connectivity index (χ1v) is 12.7. The maximum atomic E-state index is 13.4. The Morgan fingerprint density at radius 2 is 1.74 bits per heavy atom. The predicted molar refractivity (Wildman–Crippen MR) is 148 cm³/mol. The van der Waals surface area contributed by atoms with Gasteiger partial charge in [0.1, 0.15) is 12.4 Å². The summed E-state index contributed by atoms with van der Waals surface area (Å²) in [5.41, 5.74) is 1.49. The molecule has 2 N–H and O–H groups in total. The minimum absolute atomic E-state index is 0.0116. The van der Waals surface area contributed by atoms with Crippen LogP contribution in [0.25, 0.3) is 0 Å². The number of carbonyl (C=O) groups excluding carboxylic acids is 3. The second kappa shape index (κ2) is 13.3. The van der Waals surface area contributed by atoms with Gasteiger partial charge in [-0.05, 0) is 45.3 Å². The molecule has 2 aromatic carbocycles. The average molecular weight is 526 g/mol. The van der Waals surface area contributed by atoms with Crippen LogP contribution < -0.4 is 15.4 Å². The number of methoxy groups -OCH3 is 1. The molecule has 0 fully saturated rings. The summed E-state index contributed by atoms with van der Waals surface area (Å²) in [6.07, 6.45) is -0.266. The molecule has 38 heavy (non-hydrogen) atoms. The Kier molecular flexibility index (Phi) is 10.1. The van der Waals surface area contributed by atoms with Crippen LogP contribution in [0.2, 0.25) is 0 Å². The Balaban J connectivity index is 1.89. The number of carbonyl (C=O) groups is 3. The number of hydrogen-bond donors (Lipinski definition) is 2. The van der Waals surface area contributed by atoms with Crippen molar-refractivity contribution >= 4 is 29.2 Å². The highest BCUT2D eigenvalue weighted by Gasteiger charge is 2.30. The summed E-state index contributed by atoms with van der Waals surface area (Å²) in [4.78, 5) is 44.3. The van der Waals surface area contributed by atoms with Crippen LogP contribution in [0.15, 0.2) is 48.5 Å². The molecule has 206 valence electrons. The lowest BCUT2D eigenvalue weighted by Crippen LogP contribution is -2.50. The maximum Gasteiger partial charge on any atom is 0.323 e. The van der Waals surface area contributed by atoms with Gasteiger partial charge >= 0.3 is 6.03 Å². The molecule has 10 nitrogen and oxygen atoms in total. The number of para-hydroxylation sites is 1. The van der Waals surface area contributed by atoms with Crippen LogP contribution in [0.3, 0.4) is 0 Å². The van der Waals surface area contributed by atoms with Crippen LogP contribution in [-0.4, -0.2) is 99.2 Å². The zero-order chi connectivity index (χ0) is 27.8. The summed E-state index contributed by atoms with van der Waals surface area (Å²) in [6, 6.07) is 13.4. The van der Waals surface area contributed by atoms with Crippen LogP contribution in [0, 0.1) is 5.92 Å². The highest BCUT2D eigenvalue weighted by Crippen LogP contribution is 2.27. The molecule has 3 rings (SSSR count). The van der Waals surface area contributed by atoms with Gasteiger partial charge in [-0.2, -0.15) is 0 Å². The molecular formula is C28H39N5O5. The van der Waals surface area contributed by atoms with E-state index in [9.17, 15) is 14.4 Å². The lowest BCUT2D eigenvalue weighted by molar-refractivity contribution is -0.136. The molecule has 10 heteroatoms. The molecule has 0 aliphatic carbocycles. The molecule has 1 heterocycles. The first kappa shape index (κ1) is 28.9. The van der Waals surface area contributed by atoms with E-state index in [-0.39, 0.29) is 43.0 Å². The third-order valence-corrected chi connectivity index (χ3v) is 6.51. The molecule has 2 aromatic rings. The molecule has 0 saturated heterocycles. The molecule has 0 bridgehead atoms. The first-order chi connectivity index (χ1) is 18.1. The maximum absolute atomic E-state index is 13.4. The molecule has 0 unspecified atom stereocenters. The number of anilines is 2. The minimum Gasteiger partial charge on any atom is -0.491 e. The number of fused-ring (bicyclic) bond motifs is 1. The Morgan fingerprint density at radius 3 is 2.39 bits per heavy atom. The van der Waals surface area contributed by atoms with Gasteiger partial charge < -0.3 is 34.8 Å². The van der Waals surface area contributed by atoms with Crippen molar-refractivity contribution in [1.29, 1.82) is 0 Å². The average Bonchev–Trinajstić information content (AvgIpc) is 2.87. The Bertz CT molecular complexity index is 1110. The summed E-state index contributed by atoms with van der Waals surface area (Å²) in [5.74, 6) is 0.0806. The molecule has 1 aliphatic rings. The number of urea groups is 1. The number of ether oxygens (including phenoxy) is 2. The number of nitrogens with zero attached hydrogens (tertiary/aromatic N) is 3. The van der Waals surface area contributed by atoms with Crippen LogP contribution in [0.5, 0.6) is 5.75 Å². The van der Waals surface area contributed by atoms with Gasteiger partial charge in [0.15, 0.2) is 0 Å². The normalized spacial score (nSPS) is 20.6. The van der Waals surface area contributed by atoms with E-state index >= 15 is 0 Å². The van der Waals surface area contributed by atoms with E-state index in [0.29, 0.717) is 35.8 Å². The molecule has 1 aliphatic heterocycles. The van der Waals surface area contributed by atoms with Gasteiger partial charge in [-0.3, -0.25) is 9.59 Å². The third-order valence-electron chi connectivity index (χ3n) is 6.51. The summed E-state index contributed by atoms with van der Waals surface area (Å²) in [5, 5.41) is 5.56. The summed E-state index contributed by atoms with van der Waals surface area (Å²) >= 11 is 0. The molecule has 3 atom stereocenters. The fourth-order valence-corrected chi connectivity index (χ4v) is 4.37. The number of nitrogens with one attached hydrogen (secondary N) is 2. The lowest BCUT2D eigenvalue weighted by atomic mass is 10.0. The van der Waals surface area contributed by atoms with Gasteiger partial charge in [0.25, 0.3) is 5.91 Å². The number of rotatable bonds is 5. The van der Waals surface area contributed by atoms with Crippen LogP contribution >= 0.6 is 0 Å². The van der Waals surface area contributed by atoms with Gasteiger partial charge in [0.2, 0.25) is 5.91 Å². The second-order valence-corrected chi connectivity index (χ2v) is 10.0. The Morgan fingerprint density at radius 1 is 1.05 bits per heavy atom. The summed E-state index contributed by atoms with van der Waals surface area (Å²) in [7, 11) is 7.05. The number of benzene rings is 2. The van der Waals surface area contributed by atoms with Gasteiger partial charge in [-0.1, -0.05) is 25.1 Å². The smallest absolute Gasteiger partial charge is 0.323 e. The topological polar surface area (TPSA) is 103 Å². The van der Waals surface area contributed by atoms with Gasteiger partial charge in [0.05, 0.1) is 24.3 Å². The first-order valence-electron chi connectivity index (χ1n) is 12.7. The van der Waals surface area contributed by atoms with Crippen molar-refractivity contribution in [3.05, 3.63) is 54.1 Å². The van der Waals surface area contributed by atoms with Gasteiger partial charge in [-0.25, -0.2) is 4.79 Å². The van der Waals surface area contributed by atoms with E-state index in [0.717, 1.165) is 0 Å². The molecule has 0 aromatic heterocycles. The van der Waals surface area contributed by atoms with Crippen molar-refractivity contribution in [3.8, 4) is 5.75 Å². The van der Waals surface area contributed by atoms with Crippen molar-refractivity contribution < 1.29 is 23.9 Å². The SMILES string of the molecule is CO[C@@H]1CN(C)C(=O)c2ccc(NC(=O)Nc3ccccc3)cc2OC[C@@H](C)N(C(=O)CN(C)C)C[C@H]1C. The summed E-state index contributed by atoms with van der Waals surface area (Å²) in [6.45, 7) is 5.21. The van der Waals surface area contributed by atoms with Crippen molar-refractivity contribution in [2.24, 2.45) is 5.92 Å². The molecule has 4 amide bonds. The highest BCUT2D eigenvalue weighted by atomic mass is 16.5. The van der Waals surface area contributed by atoms with E-state index in [1.165, 1.54) is 0 Å². The zero-order valence-corrected chi connectivity index (χ0v) is 23.1. The molecular weight excluding hydrogens is 486 g/mol. The molecule has 0 saturated carbocycles. The molecule has 0 radical (unpaired) electrons. The van der Waals surface area contributed by atoms with Gasteiger partial charge in [0, 0.05) is 50.6 Å². The number of hydrogen-bond acceptors (Lipinski definition) is 6. The van der Waals surface area contributed by atoms with Crippen molar-refractivity contribution in [2.75, 3.05) is 65.1 Å². The monoisotopic (exact) mass is 525 g/mol. The molecule has 0 spiro atoms. The van der Waals surface area contributed by atoms with E-state index in [1.54, 1.807) is 49.4 Å². The lowest BCUT2D eigenvalue weighted by Gasteiger charge is -2.36. The number of likely N-dealkylation sites (N-methyl/N-ethyl adjacent to an activating group) is 2. The predicted octanol–water partition coefficient (Wildman–Crippen LogP) is 3.22. The van der Waals surface area contributed by atoms with Crippen LogP contribution in [0.4, 0.5) is 16.2 Å². The summed E-state index contributed by atoms with van der Waals surface area (Å²) < 4.78 is 11.9. The van der Waals surface area contributed by atoms with E-state index in [4.69, 9.17) is 9.47 Å². The largest absolute Gasteiger partial charge is 0.491 e. The Labute approximate surface area is 224 Å². The van der Waals surface area contributed by atoms with Crippen LogP contribution in [-0.2, 0) is 9.53 Å². The minimum atomic E-state index is -0.418. The third kappa shape index (κ3) is 7.69. The van der Waals surface area contributed by atoms with Crippen molar-refractivity contribution in [1.82, 2.24) is 14.7 Å². The van der Waals surface area contributed by atoms with E-state index < -0.39 is 6.03 Å².